The van der Waals surface area contributed by atoms with Crippen LogP contribution < -0.4 is 0 Å². The van der Waals surface area contributed by atoms with E-state index in [0.717, 1.165) is 38.1 Å². The van der Waals surface area contributed by atoms with Gasteiger partial charge in [-0.2, -0.15) is 0 Å². The Bertz CT molecular complexity index is 1370. The zero-order chi connectivity index (χ0) is 20.9. The number of alkyl halides is 1. The lowest BCUT2D eigenvalue weighted by molar-refractivity contribution is 0.636. The maximum absolute atomic E-state index is 9.96. The number of para-hydroxylation sites is 3. The van der Waals surface area contributed by atoms with Crippen molar-refractivity contribution in [2.24, 2.45) is 0 Å². The molecule has 0 saturated carbocycles. The van der Waals surface area contributed by atoms with E-state index in [1.54, 1.807) is 0 Å². The average Bonchev–Trinajstić information content (AvgIpc) is 3.33. The number of rotatable bonds is 0. The largest absolute Gasteiger partial charge is 0.456 e. The van der Waals surface area contributed by atoms with Crippen LogP contribution in [0.15, 0.2) is 99.8 Å². The molecule has 2 heterocycles. The predicted octanol–water partition coefficient (Wildman–Crippen LogP) is 9.05. The number of hydrogen-bond donors (Lipinski definition) is 0. The minimum Gasteiger partial charge on any atom is -0.456 e. The predicted molar refractivity (Wildman–Crippen MR) is 126 cm³/mol. The summed E-state index contributed by atoms with van der Waals surface area (Å²) in [5.74, 6) is 0. The SMILES string of the molecule is C.Clc1ccc2oc3ccccc3c2c1.[2H]CF.c1ccc2c(c1)oc1ccccc12. The quantitative estimate of drug-likeness (QED) is 0.244. The van der Waals surface area contributed by atoms with E-state index in [1.807, 2.05) is 78.9 Å². The Kier molecular flexibility index (Phi) is 6.31. The first-order valence-electron chi connectivity index (χ1n) is 9.70. The lowest BCUT2D eigenvalue weighted by Crippen LogP contribution is -1.65. The van der Waals surface area contributed by atoms with Crippen LogP contribution in [0.25, 0.3) is 43.9 Å². The molecule has 6 aromatic rings. The number of fused-ring (bicyclic) bond motifs is 6. The van der Waals surface area contributed by atoms with E-state index >= 15 is 0 Å². The van der Waals surface area contributed by atoms with Gasteiger partial charge in [0.1, 0.15) is 22.3 Å². The van der Waals surface area contributed by atoms with Gasteiger partial charge in [0.05, 0.1) is 8.52 Å². The van der Waals surface area contributed by atoms with Gasteiger partial charge in [0, 0.05) is 26.6 Å². The lowest BCUT2D eigenvalue weighted by atomic mass is 10.2. The fraction of sp³-hybridized carbons (Fsp3) is 0.0769. The van der Waals surface area contributed by atoms with Gasteiger partial charge in [0.25, 0.3) is 0 Å². The third kappa shape index (κ3) is 4.03. The van der Waals surface area contributed by atoms with Gasteiger partial charge in [-0.25, -0.2) is 0 Å². The second-order valence-corrected chi connectivity index (χ2v) is 6.77. The maximum Gasteiger partial charge on any atom is 0.135 e. The van der Waals surface area contributed by atoms with Crippen LogP contribution >= 0.6 is 11.6 Å². The molecule has 0 aliphatic rings. The minimum absolute atomic E-state index is 0. The molecule has 0 fully saturated rings. The first kappa shape index (κ1) is 20.0. The molecule has 152 valence electrons. The molecule has 0 atom stereocenters. The molecule has 0 saturated heterocycles. The molecule has 0 unspecified atom stereocenters. The summed E-state index contributed by atoms with van der Waals surface area (Å²) in [4.78, 5) is 0. The van der Waals surface area contributed by atoms with E-state index < -0.39 is 7.15 Å². The first-order valence-corrected chi connectivity index (χ1v) is 9.37. The summed E-state index contributed by atoms with van der Waals surface area (Å²) < 4.78 is 26.8. The fourth-order valence-electron chi connectivity index (χ4n) is 3.37. The maximum atomic E-state index is 9.96. The molecule has 0 N–H and O–H groups in total. The Hall–Kier alpha value is -3.30. The summed E-state index contributed by atoms with van der Waals surface area (Å²) in [6.07, 6.45) is 0. The summed E-state index contributed by atoms with van der Waals surface area (Å²) in [6, 6.07) is 29.8. The van der Waals surface area contributed by atoms with Crippen molar-refractivity contribution in [3.05, 3.63) is 96.0 Å². The lowest BCUT2D eigenvalue weighted by Gasteiger charge is -1.89. The van der Waals surface area contributed by atoms with Crippen molar-refractivity contribution in [2.45, 2.75) is 7.43 Å². The topological polar surface area (TPSA) is 26.3 Å². The second-order valence-electron chi connectivity index (χ2n) is 6.33. The van der Waals surface area contributed by atoms with Crippen LogP contribution in [0.2, 0.25) is 5.02 Å². The Labute approximate surface area is 180 Å². The Balaban J connectivity index is 0.000000152. The second kappa shape index (κ2) is 9.47. The molecular weight excluding hydrogens is 399 g/mol. The standard InChI is InChI=1S/C12H7ClO.C12H8O.CH3F.CH4/c13-8-5-6-12-10(7-8)9-3-1-2-4-11(9)14-12;1-3-7-11-9(5-1)10-6-2-4-8-12(10)13-11;1-2;/h1-7H;1-8H;1H3;1H4/i;;1D;. The molecule has 4 heteroatoms. The molecule has 0 radical (unpaired) electrons. The van der Waals surface area contributed by atoms with Crippen LogP contribution in [0.4, 0.5) is 4.39 Å². The van der Waals surface area contributed by atoms with Gasteiger partial charge in [-0.3, -0.25) is 4.39 Å². The van der Waals surface area contributed by atoms with Crippen LogP contribution in [0.5, 0.6) is 0 Å². The molecule has 2 nitrogen and oxygen atoms in total. The van der Waals surface area contributed by atoms with E-state index in [-0.39, 0.29) is 7.43 Å². The summed E-state index contributed by atoms with van der Waals surface area (Å²) in [7, 11) is -1.00. The third-order valence-electron chi connectivity index (χ3n) is 4.62. The van der Waals surface area contributed by atoms with Gasteiger partial charge < -0.3 is 8.83 Å². The van der Waals surface area contributed by atoms with Gasteiger partial charge in [-0.05, 0) is 36.4 Å². The van der Waals surface area contributed by atoms with Crippen molar-refractivity contribution in [3.8, 4) is 0 Å². The van der Waals surface area contributed by atoms with Gasteiger partial charge in [0.15, 0.2) is 0 Å². The third-order valence-corrected chi connectivity index (χ3v) is 4.86. The molecule has 0 spiro atoms. The van der Waals surface area contributed by atoms with E-state index in [4.69, 9.17) is 21.8 Å². The van der Waals surface area contributed by atoms with Crippen molar-refractivity contribution in [1.29, 1.82) is 0 Å². The molecule has 0 bridgehead atoms. The van der Waals surface area contributed by atoms with Crippen LogP contribution in [-0.4, -0.2) is 7.15 Å². The van der Waals surface area contributed by atoms with Crippen molar-refractivity contribution in [3.63, 3.8) is 0 Å². The van der Waals surface area contributed by atoms with Crippen LogP contribution in [-0.2, 0) is 0 Å². The van der Waals surface area contributed by atoms with Crippen molar-refractivity contribution in [1.82, 2.24) is 0 Å². The monoisotopic (exact) mass is 421 g/mol. The van der Waals surface area contributed by atoms with E-state index in [0.29, 0.717) is 0 Å². The highest BCUT2D eigenvalue weighted by Gasteiger charge is 2.05. The highest BCUT2D eigenvalue weighted by atomic mass is 35.5. The van der Waals surface area contributed by atoms with Crippen molar-refractivity contribution >= 4 is 55.5 Å². The van der Waals surface area contributed by atoms with E-state index in [2.05, 4.69) is 12.1 Å². The summed E-state index contributed by atoms with van der Waals surface area (Å²) in [5, 5.41) is 5.32. The molecule has 0 aliphatic carbocycles. The van der Waals surface area contributed by atoms with Gasteiger partial charge in [0.2, 0.25) is 0 Å². The van der Waals surface area contributed by atoms with Crippen LogP contribution in [0.1, 0.15) is 8.80 Å². The van der Waals surface area contributed by atoms with Crippen molar-refractivity contribution < 1.29 is 14.6 Å². The Morgan fingerprint density at radius 2 is 1.00 bits per heavy atom. The van der Waals surface area contributed by atoms with E-state index in [1.165, 1.54) is 10.8 Å². The highest BCUT2D eigenvalue weighted by molar-refractivity contribution is 6.31. The fourth-order valence-corrected chi connectivity index (χ4v) is 3.55. The number of furan rings is 2. The summed E-state index contributed by atoms with van der Waals surface area (Å²) >= 11 is 5.93. The van der Waals surface area contributed by atoms with Gasteiger partial charge in [-0.1, -0.05) is 73.6 Å². The highest BCUT2D eigenvalue weighted by Crippen LogP contribution is 2.30. The molecule has 4 aromatic carbocycles. The smallest absolute Gasteiger partial charge is 0.135 e. The van der Waals surface area contributed by atoms with Gasteiger partial charge in [-0.15, -0.1) is 0 Å². The van der Waals surface area contributed by atoms with Crippen molar-refractivity contribution in [2.75, 3.05) is 7.15 Å². The number of benzene rings is 4. The number of halogens is 2. The zero-order valence-electron chi connectivity index (χ0n) is 16.4. The zero-order valence-corrected chi connectivity index (χ0v) is 16.2. The Morgan fingerprint density at radius 1 is 0.633 bits per heavy atom. The Morgan fingerprint density at radius 3 is 1.47 bits per heavy atom. The van der Waals surface area contributed by atoms with E-state index in [9.17, 15) is 4.39 Å². The summed E-state index contributed by atoms with van der Waals surface area (Å²) in [5.41, 5.74) is 3.72. The summed E-state index contributed by atoms with van der Waals surface area (Å²) in [6.45, 7) is 0. The molecule has 30 heavy (non-hydrogen) atoms. The number of hydrogen-bond acceptors (Lipinski definition) is 2. The minimum atomic E-state index is -1.00. The molecular formula is C26H22ClFO2. The van der Waals surface area contributed by atoms with Crippen LogP contribution in [0, 0.1) is 0 Å². The molecule has 2 aromatic heterocycles. The normalized spacial score (nSPS) is 10.7. The molecule has 0 aliphatic heterocycles. The van der Waals surface area contributed by atoms with Gasteiger partial charge >= 0.3 is 0 Å². The molecule has 6 rings (SSSR count). The van der Waals surface area contributed by atoms with Crippen LogP contribution in [0.3, 0.4) is 0 Å². The first-order chi connectivity index (χ1) is 14.7. The molecule has 0 amide bonds. The average molecular weight is 422 g/mol.